The average Bonchev–Trinajstić information content (AvgIpc) is 3.22. The largest absolute Gasteiger partial charge is 0.451 e. The highest BCUT2D eigenvalue weighted by Gasteiger charge is 2.42. The molecule has 0 spiro atoms. The molecule has 1 aromatic heterocycles. The van der Waals surface area contributed by atoms with Crippen molar-refractivity contribution in [2.75, 3.05) is 31.0 Å². The van der Waals surface area contributed by atoms with Crippen LogP contribution in [0, 0.1) is 5.41 Å². The van der Waals surface area contributed by atoms with E-state index >= 15 is 0 Å². The van der Waals surface area contributed by atoms with Gasteiger partial charge in [0.1, 0.15) is 11.6 Å². The first-order chi connectivity index (χ1) is 9.88. The van der Waals surface area contributed by atoms with E-state index in [1.54, 1.807) is 7.11 Å². The molecule has 2 rings (SSSR count). The summed E-state index contributed by atoms with van der Waals surface area (Å²) < 4.78 is 43.1. The topological polar surface area (TPSA) is 85.1 Å². The zero-order valence-corrected chi connectivity index (χ0v) is 11.6. The van der Waals surface area contributed by atoms with Gasteiger partial charge in [0.25, 0.3) is 0 Å². The van der Waals surface area contributed by atoms with E-state index in [4.69, 9.17) is 10.6 Å². The van der Waals surface area contributed by atoms with Crippen molar-refractivity contribution < 1.29 is 17.9 Å². The molecule has 0 amide bonds. The predicted molar refractivity (Wildman–Crippen MR) is 71.5 cm³/mol. The fourth-order valence-electron chi connectivity index (χ4n) is 2.03. The maximum absolute atomic E-state index is 12.7. The summed E-state index contributed by atoms with van der Waals surface area (Å²) >= 11 is 0. The molecule has 0 unspecified atom stereocenters. The Morgan fingerprint density at radius 3 is 2.52 bits per heavy atom. The van der Waals surface area contributed by atoms with E-state index < -0.39 is 12.0 Å². The fraction of sp³-hybridized carbons (Fsp3) is 0.667. The Bertz CT molecular complexity index is 490. The van der Waals surface area contributed by atoms with E-state index in [0.29, 0.717) is 13.2 Å². The number of hydrazine groups is 1. The number of nitrogens with one attached hydrogen (secondary N) is 2. The van der Waals surface area contributed by atoms with Crippen LogP contribution in [0.1, 0.15) is 25.1 Å². The fourth-order valence-corrected chi connectivity index (χ4v) is 2.03. The van der Waals surface area contributed by atoms with Gasteiger partial charge in [0, 0.05) is 26.3 Å². The van der Waals surface area contributed by atoms with Gasteiger partial charge < -0.3 is 15.5 Å². The minimum Gasteiger partial charge on any atom is -0.385 e. The van der Waals surface area contributed by atoms with Gasteiger partial charge in [-0.3, -0.25) is 0 Å². The lowest BCUT2D eigenvalue weighted by Gasteiger charge is -2.17. The molecule has 4 N–H and O–H groups in total. The molecule has 0 saturated heterocycles. The van der Waals surface area contributed by atoms with Crippen LogP contribution in [0.5, 0.6) is 0 Å². The number of aromatic nitrogens is 2. The number of alkyl halides is 3. The first kappa shape index (κ1) is 15.8. The Balaban J connectivity index is 2.06. The normalized spacial score (nSPS) is 16.6. The molecule has 6 nitrogen and oxygen atoms in total. The van der Waals surface area contributed by atoms with E-state index in [-0.39, 0.29) is 17.1 Å². The molecule has 1 saturated carbocycles. The van der Waals surface area contributed by atoms with Crippen molar-refractivity contribution in [3.8, 4) is 0 Å². The van der Waals surface area contributed by atoms with Crippen LogP contribution in [0.25, 0.3) is 0 Å². The van der Waals surface area contributed by atoms with Crippen molar-refractivity contribution in [1.82, 2.24) is 9.97 Å². The minimum absolute atomic E-state index is 0.0819. The van der Waals surface area contributed by atoms with Crippen molar-refractivity contribution in [3.05, 3.63) is 11.9 Å². The zero-order valence-electron chi connectivity index (χ0n) is 11.6. The lowest BCUT2D eigenvalue weighted by molar-refractivity contribution is -0.144. The molecule has 1 aromatic rings. The maximum atomic E-state index is 12.7. The summed E-state index contributed by atoms with van der Waals surface area (Å²) in [4.78, 5) is 6.79. The average molecular weight is 305 g/mol. The van der Waals surface area contributed by atoms with Crippen molar-refractivity contribution in [1.29, 1.82) is 0 Å². The van der Waals surface area contributed by atoms with Gasteiger partial charge in [-0.2, -0.15) is 13.2 Å². The second-order valence-electron chi connectivity index (χ2n) is 5.20. The van der Waals surface area contributed by atoms with Crippen LogP contribution in [0.2, 0.25) is 0 Å². The van der Waals surface area contributed by atoms with Crippen LogP contribution in [0.4, 0.5) is 24.8 Å². The van der Waals surface area contributed by atoms with Crippen LogP contribution in [-0.2, 0) is 10.9 Å². The monoisotopic (exact) mass is 305 g/mol. The molecule has 118 valence electrons. The lowest BCUT2D eigenvalue weighted by Crippen LogP contribution is -2.21. The molecule has 1 fully saturated rings. The molecule has 1 heterocycles. The van der Waals surface area contributed by atoms with Gasteiger partial charge >= 0.3 is 6.18 Å². The summed E-state index contributed by atoms with van der Waals surface area (Å²) in [6, 6.07) is 1.35. The van der Waals surface area contributed by atoms with Gasteiger partial charge in [-0.1, -0.05) is 0 Å². The Morgan fingerprint density at radius 2 is 2.00 bits per heavy atom. The molecule has 0 aliphatic heterocycles. The van der Waals surface area contributed by atoms with Crippen molar-refractivity contribution in [2.24, 2.45) is 11.3 Å². The van der Waals surface area contributed by atoms with Gasteiger partial charge in [0.2, 0.25) is 5.82 Å². The van der Waals surface area contributed by atoms with E-state index in [1.165, 1.54) is 6.07 Å². The summed E-state index contributed by atoms with van der Waals surface area (Å²) in [5.74, 6) is 3.94. The number of nitrogen functional groups attached to an aromatic ring is 1. The maximum Gasteiger partial charge on any atom is 0.451 e. The first-order valence-corrected chi connectivity index (χ1v) is 6.54. The summed E-state index contributed by atoms with van der Waals surface area (Å²) in [5, 5.41) is 2.94. The third-order valence-corrected chi connectivity index (χ3v) is 3.57. The first-order valence-electron chi connectivity index (χ1n) is 6.54. The van der Waals surface area contributed by atoms with Gasteiger partial charge in [-0.25, -0.2) is 15.8 Å². The van der Waals surface area contributed by atoms with E-state index in [2.05, 4.69) is 20.7 Å². The molecule has 1 aliphatic rings. The van der Waals surface area contributed by atoms with Crippen molar-refractivity contribution >= 4 is 11.6 Å². The summed E-state index contributed by atoms with van der Waals surface area (Å²) in [6.07, 6.45) is -1.68. The Morgan fingerprint density at radius 1 is 1.33 bits per heavy atom. The number of hydrogen-bond acceptors (Lipinski definition) is 6. The summed E-state index contributed by atoms with van der Waals surface area (Å²) in [7, 11) is 1.63. The second-order valence-corrected chi connectivity index (χ2v) is 5.20. The number of halogens is 3. The zero-order chi connectivity index (χ0) is 15.5. The predicted octanol–water partition coefficient (Wildman–Crippen LogP) is 2.01. The van der Waals surface area contributed by atoms with Gasteiger partial charge in [-0.05, 0) is 24.7 Å². The number of anilines is 2. The number of nitrogens with two attached hydrogens (primary N) is 1. The highest BCUT2D eigenvalue weighted by atomic mass is 19.4. The van der Waals surface area contributed by atoms with Crippen LogP contribution >= 0.6 is 0 Å². The molecular weight excluding hydrogens is 287 g/mol. The molecule has 0 bridgehead atoms. The van der Waals surface area contributed by atoms with Crippen LogP contribution < -0.4 is 16.6 Å². The highest BCUT2D eigenvalue weighted by Crippen LogP contribution is 2.48. The Labute approximate surface area is 120 Å². The van der Waals surface area contributed by atoms with Crippen molar-refractivity contribution in [3.63, 3.8) is 0 Å². The van der Waals surface area contributed by atoms with Gasteiger partial charge in [-0.15, -0.1) is 0 Å². The molecule has 0 aromatic carbocycles. The van der Waals surface area contributed by atoms with Crippen LogP contribution in [0.3, 0.4) is 0 Å². The van der Waals surface area contributed by atoms with E-state index in [0.717, 1.165) is 19.3 Å². The van der Waals surface area contributed by atoms with Gasteiger partial charge in [0.15, 0.2) is 0 Å². The number of rotatable bonds is 7. The van der Waals surface area contributed by atoms with Crippen LogP contribution in [-0.4, -0.2) is 30.2 Å². The quantitative estimate of drug-likeness (QED) is 0.528. The summed E-state index contributed by atoms with van der Waals surface area (Å²) in [5.41, 5.74) is 2.21. The number of ether oxygens (including phenoxy) is 1. The Kier molecular flexibility index (Phi) is 4.52. The third kappa shape index (κ3) is 4.18. The molecule has 0 atom stereocenters. The minimum atomic E-state index is -4.61. The SMILES string of the molecule is COCCC1(CNc2cc(NN)nc(C(F)(F)F)n2)CC1. The van der Waals surface area contributed by atoms with Crippen LogP contribution in [0.15, 0.2) is 6.07 Å². The lowest BCUT2D eigenvalue weighted by atomic mass is 10.0. The Hall–Kier alpha value is -1.61. The second kappa shape index (κ2) is 6.02. The molecule has 0 radical (unpaired) electrons. The van der Waals surface area contributed by atoms with E-state index in [9.17, 15) is 13.2 Å². The molecule has 21 heavy (non-hydrogen) atoms. The van der Waals surface area contributed by atoms with E-state index in [1.807, 2.05) is 0 Å². The molecule has 1 aliphatic carbocycles. The summed E-state index contributed by atoms with van der Waals surface area (Å²) in [6.45, 7) is 1.18. The third-order valence-electron chi connectivity index (χ3n) is 3.57. The smallest absolute Gasteiger partial charge is 0.385 e. The number of hydrogen-bond donors (Lipinski definition) is 3. The number of methoxy groups -OCH3 is 1. The van der Waals surface area contributed by atoms with Gasteiger partial charge in [0.05, 0.1) is 0 Å². The number of nitrogens with zero attached hydrogens (tertiary/aromatic N) is 2. The standard InChI is InChI=1S/C12H18F3N5O/c1-21-5-4-11(2-3-11)7-17-8-6-9(20-16)19-10(18-8)12(13,14)15/h6H,2-5,7,16H2,1H3,(H2,17,18,19,20). The molecular formula is C12H18F3N5O. The van der Waals surface area contributed by atoms with Crippen molar-refractivity contribution in [2.45, 2.75) is 25.4 Å². The molecule has 9 heteroatoms. The highest BCUT2D eigenvalue weighted by molar-refractivity contribution is 5.47.